The summed E-state index contributed by atoms with van der Waals surface area (Å²) in [4.78, 5) is 12.3. The zero-order valence-corrected chi connectivity index (χ0v) is 18.7. The van der Waals surface area contributed by atoms with Gasteiger partial charge in [0.15, 0.2) is 5.16 Å². The summed E-state index contributed by atoms with van der Waals surface area (Å²) in [7, 11) is 0. The van der Waals surface area contributed by atoms with Crippen molar-refractivity contribution in [1.29, 1.82) is 0 Å². The molecule has 31 heavy (non-hydrogen) atoms. The monoisotopic (exact) mass is 433 g/mol. The van der Waals surface area contributed by atoms with Crippen molar-refractivity contribution in [2.75, 3.05) is 12.3 Å². The highest BCUT2D eigenvalue weighted by atomic mass is 32.2. The number of benzene rings is 2. The number of para-hydroxylation sites is 1. The van der Waals surface area contributed by atoms with Gasteiger partial charge in [-0.3, -0.25) is 9.36 Å². The average molecular weight is 434 g/mol. The Kier molecular flexibility index (Phi) is 6.72. The first kappa shape index (κ1) is 21.2. The van der Waals surface area contributed by atoms with Crippen LogP contribution in [0.4, 0.5) is 0 Å². The fourth-order valence-electron chi connectivity index (χ4n) is 3.51. The lowest BCUT2D eigenvalue weighted by Gasteiger charge is -2.10. The quantitative estimate of drug-likeness (QED) is 0.308. The molecule has 0 bridgehead atoms. The lowest BCUT2D eigenvalue weighted by molar-refractivity contribution is -0.118. The van der Waals surface area contributed by atoms with Crippen LogP contribution in [0.15, 0.2) is 72.3 Å². The molecule has 2 heterocycles. The van der Waals surface area contributed by atoms with Gasteiger partial charge in [-0.05, 0) is 47.6 Å². The molecule has 2 aromatic heterocycles. The molecular weight excluding hydrogens is 406 g/mol. The first-order valence-electron chi connectivity index (χ1n) is 10.6. The predicted molar refractivity (Wildman–Crippen MR) is 126 cm³/mol. The minimum atomic E-state index is 0.00655. The lowest BCUT2D eigenvalue weighted by Crippen LogP contribution is -2.27. The number of nitrogens with zero attached hydrogens (tertiary/aromatic N) is 4. The molecule has 160 valence electrons. The topological polar surface area (TPSA) is 64.7 Å². The summed E-state index contributed by atoms with van der Waals surface area (Å²) in [5, 5.41) is 13.2. The molecule has 1 amide bonds. The molecule has 4 rings (SSSR count). The van der Waals surface area contributed by atoms with Crippen molar-refractivity contribution in [3.63, 3.8) is 0 Å². The minimum Gasteiger partial charge on any atom is -0.355 e. The molecule has 0 saturated carbocycles. The molecule has 0 unspecified atom stereocenters. The highest BCUT2D eigenvalue weighted by Gasteiger charge is 2.10. The number of carbonyl (C=O) groups is 1. The van der Waals surface area contributed by atoms with Crippen molar-refractivity contribution >= 4 is 28.6 Å². The smallest absolute Gasteiger partial charge is 0.230 e. The van der Waals surface area contributed by atoms with Crippen molar-refractivity contribution in [3.05, 3.63) is 72.7 Å². The maximum Gasteiger partial charge on any atom is 0.230 e. The molecule has 0 spiro atoms. The van der Waals surface area contributed by atoms with Gasteiger partial charge in [0, 0.05) is 30.5 Å². The van der Waals surface area contributed by atoms with Gasteiger partial charge in [-0.1, -0.05) is 55.9 Å². The standard InChI is InChI=1S/C24H27N5OS/c1-18(2)19-8-10-21(11-9-19)29-17-26-27-24(29)31-16-23(30)25-13-5-14-28-15-12-20-6-3-4-7-22(20)28/h3-4,6-12,15,17-18H,5,13-14,16H2,1-2H3,(H,25,30). The number of rotatable bonds is 9. The molecule has 0 fully saturated rings. The summed E-state index contributed by atoms with van der Waals surface area (Å²) in [5.41, 5.74) is 3.51. The van der Waals surface area contributed by atoms with E-state index < -0.39 is 0 Å². The van der Waals surface area contributed by atoms with Crippen molar-refractivity contribution in [3.8, 4) is 5.69 Å². The highest BCUT2D eigenvalue weighted by Crippen LogP contribution is 2.22. The number of amides is 1. The van der Waals surface area contributed by atoms with Gasteiger partial charge in [-0.15, -0.1) is 10.2 Å². The molecule has 2 aromatic carbocycles. The van der Waals surface area contributed by atoms with Gasteiger partial charge in [0.05, 0.1) is 5.75 Å². The Bertz CT molecular complexity index is 1150. The van der Waals surface area contributed by atoms with Gasteiger partial charge in [-0.2, -0.15) is 0 Å². The Balaban J connectivity index is 1.24. The van der Waals surface area contributed by atoms with Gasteiger partial charge in [0.25, 0.3) is 0 Å². The van der Waals surface area contributed by atoms with Crippen LogP contribution >= 0.6 is 11.8 Å². The molecule has 0 aliphatic heterocycles. The second-order valence-corrected chi connectivity index (χ2v) is 8.73. The van der Waals surface area contributed by atoms with E-state index in [2.05, 4.69) is 88.7 Å². The van der Waals surface area contributed by atoms with E-state index in [1.807, 2.05) is 10.6 Å². The Labute approximate surface area is 186 Å². The zero-order chi connectivity index (χ0) is 21.6. The third kappa shape index (κ3) is 5.17. The Hall–Kier alpha value is -3.06. The summed E-state index contributed by atoms with van der Waals surface area (Å²) in [5.74, 6) is 0.811. The number of carbonyl (C=O) groups excluding carboxylic acids is 1. The first-order valence-corrected chi connectivity index (χ1v) is 11.5. The van der Waals surface area contributed by atoms with Gasteiger partial charge in [0.1, 0.15) is 6.33 Å². The maximum absolute atomic E-state index is 12.3. The van der Waals surface area contributed by atoms with Crippen molar-refractivity contribution in [1.82, 2.24) is 24.6 Å². The van der Waals surface area contributed by atoms with Gasteiger partial charge in [0.2, 0.25) is 5.91 Å². The van der Waals surface area contributed by atoms with Gasteiger partial charge < -0.3 is 9.88 Å². The van der Waals surface area contributed by atoms with E-state index in [1.165, 1.54) is 28.2 Å². The van der Waals surface area contributed by atoms with Crippen molar-refractivity contribution in [2.24, 2.45) is 0 Å². The van der Waals surface area contributed by atoms with Crippen LogP contribution in [0.5, 0.6) is 0 Å². The average Bonchev–Trinajstić information content (AvgIpc) is 3.42. The lowest BCUT2D eigenvalue weighted by atomic mass is 10.0. The number of thioether (sulfide) groups is 1. The largest absolute Gasteiger partial charge is 0.355 e. The summed E-state index contributed by atoms with van der Waals surface area (Å²) in [6.45, 7) is 5.87. The number of hydrogen-bond donors (Lipinski definition) is 1. The fraction of sp³-hybridized carbons (Fsp3) is 0.292. The Morgan fingerprint density at radius 1 is 1.10 bits per heavy atom. The first-order chi connectivity index (χ1) is 15.1. The van der Waals surface area contributed by atoms with E-state index in [0.717, 1.165) is 18.7 Å². The number of aryl methyl sites for hydroxylation is 1. The zero-order valence-electron chi connectivity index (χ0n) is 17.9. The molecule has 0 saturated heterocycles. The molecule has 4 aromatic rings. The van der Waals surface area contributed by atoms with Crippen LogP contribution in [0.25, 0.3) is 16.6 Å². The van der Waals surface area contributed by atoms with Crippen LogP contribution in [0.1, 0.15) is 31.7 Å². The molecule has 0 aliphatic carbocycles. The van der Waals surface area contributed by atoms with E-state index in [4.69, 9.17) is 0 Å². The number of hydrogen-bond acceptors (Lipinski definition) is 4. The molecule has 0 aliphatic rings. The van der Waals surface area contributed by atoms with E-state index in [9.17, 15) is 4.79 Å². The van der Waals surface area contributed by atoms with Crippen molar-refractivity contribution < 1.29 is 4.79 Å². The van der Waals surface area contributed by atoms with E-state index in [1.54, 1.807) is 6.33 Å². The van der Waals surface area contributed by atoms with Crippen LogP contribution in [0.3, 0.4) is 0 Å². The van der Waals surface area contributed by atoms with Crippen LogP contribution in [0, 0.1) is 0 Å². The summed E-state index contributed by atoms with van der Waals surface area (Å²) in [6, 6.07) is 18.8. The predicted octanol–water partition coefficient (Wildman–Crippen LogP) is 4.64. The van der Waals surface area contributed by atoms with Crippen LogP contribution in [0.2, 0.25) is 0 Å². The Morgan fingerprint density at radius 2 is 1.90 bits per heavy atom. The SMILES string of the molecule is CC(C)c1ccc(-n2cnnc2SCC(=O)NCCCn2ccc3ccccc32)cc1. The molecule has 1 N–H and O–H groups in total. The minimum absolute atomic E-state index is 0.00655. The van der Waals surface area contributed by atoms with E-state index >= 15 is 0 Å². The van der Waals surface area contributed by atoms with Crippen molar-refractivity contribution in [2.45, 2.75) is 37.9 Å². The molecule has 6 nitrogen and oxygen atoms in total. The molecular formula is C24H27N5OS. The number of fused-ring (bicyclic) bond motifs is 1. The van der Waals surface area contributed by atoms with E-state index in [-0.39, 0.29) is 5.91 Å². The summed E-state index contributed by atoms with van der Waals surface area (Å²) < 4.78 is 4.14. The highest BCUT2D eigenvalue weighted by molar-refractivity contribution is 7.99. The van der Waals surface area contributed by atoms with Gasteiger partial charge in [-0.25, -0.2) is 0 Å². The van der Waals surface area contributed by atoms with E-state index in [0.29, 0.717) is 23.4 Å². The molecule has 0 atom stereocenters. The second-order valence-electron chi connectivity index (χ2n) is 7.79. The Morgan fingerprint density at radius 3 is 2.71 bits per heavy atom. The number of aromatic nitrogens is 4. The molecule has 7 heteroatoms. The number of nitrogens with one attached hydrogen (secondary N) is 1. The van der Waals surface area contributed by atoms with Crippen LogP contribution in [-0.2, 0) is 11.3 Å². The third-order valence-corrected chi connectivity index (χ3v) is 6.21. The summed E-state index contributed by atoms with van der Waals surface area (Å²) in [6.07, 6.45) is 4.67. The van der Waals surface area contributed by atoms with Gasteiger partial charge >= 0.3 is 0 Å². The second kappa shape index (κ2) is 9.83. The van der Waals surface area contributed by atoms with Crippen LogP contribution < -0.4 is 5.32 Å². The van der Waals surface area contributed by atoms with Crippen LogP contribution in [-0.4, -0.2) is 37.5 Å². The molecule has 0 radical (unpaired) electrons. The summed E-state index contributed by atoms with van der Waals surface area (Å²) >= 11 is 1.40. The normalized spacial score (nSPS) is 11.3. The third-order valence-electron chi connectivity index (χ3n) is 5.26. The maximum atomic E-state index is 12.3. The fourth-order valence-corrected chi connectivity index (χ4v) is 4.27.